The second-order valence-electron chi connectivity index (χ2n) is 8.51. The van der Waals surface area contributed by atoms with Crippen LogP contribution in [0.3, 0.4) is 0 Å². The van der Waals surface area contributed by atoms with Gasteiger partial charge in [-0.2, -0.15) is 0 Å². The highest BCUT2D eigenvalue weighted by molar-refractivity contribution is 7.21. The fraction of sp³-hybridized carbons (Fsp3) is 0.103. The van der Waals surface area contributed by atoms with Gasteiger partial charge in [-0.05, 0) is 47.4 Å². The highest BCUT2D eigenvalue weighted by atomic mass is 32.1. The first kappa shape index (κ1) is 21.4. The Morgan fingerprint density at radius 3 is 2.49 bits per heavy atom. The maximum Gasteiger partial charge on any atom is 0.270 e. The molecule has 0 unspecified atom stereocenters. The second-order valence-corrected chi connectivity index (χ2v) is 9.51. The minimum Gasteiger partial charge on any atom is -0.497 e. The molecule has 6 heteroatoms. The molecule has 2 aromatic heterocycles. The van der Waals surface area contributed by atoms with Crippen LogP contribution in [0.25, 0.3) is 32.6 Å². The van der Waals surface area contributed by atoms with Crippen LogP contribution in [-0.4, -0.2) is 24.5 Å². The smallest absolute Gasteiger partial charge is 0.270 e. The lowest BCUT2D eigenvalue weighted by atomic mass is 9.99. The largest absolute Gasteiger partial charge is 0.497 e. The van der Waals surface area contributed by atoms with Gasteiger partial charge in [0, 0.05) is 23.2 Å². The molecule has 35 heavy (non-hydrogen) atoms. The maximum absolute atomic E-state index is 13.7. The van der Waals surface area contributed by atoms with Crippen LogP contribution >= 0.6 is 11.3 Å². The van der Waals surface area contributed by atoms with E-state index in [9.17, 15) is 4.79 Å². The van der Waals surface area contributed by atoms with Crippen molar-refractivity contribution >= 4 is 38.8 Å². The molecular formula is C29H23N3O2S. The number of nitrogens with two attached hydrogens (primary N) is 1. The highest BCUT2D eigenvalue weighted by Crippen LogP contribution is 2.43. The molecule has 3 aromatic carbocycles. The van der Waals surface area contributed by atoms with E-state index in [-0.39, 0.29) is 5.91 Å². The molecule has 0 saturated heterocycles. The number of hydrogen-bond acceptors (Lipinski definition) is 5. The number of benzene rings is 3. The summed E-state index contributed by atoms with van der Waals surface area (Å²) < 4.78 is 5.35. The van der Waals surface area contributed by atoms with Crippen LogP contribution in [0.1, 0.15) is 15.2 Å². The summed E-state index contributed by atoms with van der Waals surface area (Å²) in [6.45, 7) is 0.653. The van der Waals surface area contributed by atoms with E-state index in [0.717, 1.165) is 50.5 Å². The minimum absolute atomic E-state index is 0.0719. The molecule has 2 N–H and O–H groups in total. The number of pyridine rings is 1. The van der Waals surface area contributed by atoms with Gasteiger partial charge in [-0.15, -0.1) is 11.3 Å². The number of methoxy groups -OCH3 is 1. The Bertz CT molecular complexity index is 1560. The van der Waals surface area contributed by atoms with Gasteiger partial charge >= 0.3 is 0 Å². The van der Waals surface area contributed by atoms with Gasteiger partial charge in [-0.3, -0.25) is 4.79 Å². The van der Waals surface area contributed by atoms with Gasteiger partial charge in [-0.25, -0.2) is 4.98 Å². The first-order valence-electron chi connectivity index (χ1n) is 11.5. The van der Waals surface area contributed by atoms with Crippen molar-refractivity contribution in [3.8, 4) is 28.1 Å². The number of hydrogen-bond donors (Lipinski definition) is 1. The number of para-hydroxylation sites is 1. The molecule has 5 aromatic rings. The van der Waals surface area contributed by atoms with Gasteiger partial charge in [0.1, 0.15) is 15.5 Å². The number of nitrogens with zero attached hydrogens (tertiary/aromatic N) is 2. The predicted octanol–water partition coefficient (Wildman–Crippen LogP) is 6.42. The number of aromatic nitrogens is 1. The Balaban J connectivity index is 1.53. The number of ether oxygens (including phenoxy) is 1. The average molecular weight is 478 g/mol. The van der Waals surface area contributed by atoms with Crippen molar-refractivity contribution in [3.63, 3.8) is 0 Å². The number of anilines is 2. The zero-order valence-electron chi connectivity index (χ0n) is 19.2. The van der Waals surface area contributed by atoms with Gasteiger partial charge in [0.25, 0.3) is 5.91 Å². The zero-order valence-corrected chi connectivity index (χ0v) is 20.0. The molecule has 0 radical (unpaired) electrons. The van der Waals surface area contributed by atoms with Gasteiger partial charge in [-0.1, -0.05) is 60.7 Å². The van der Waals surface area contributed by atoms with E-state index in [1.807, 2.05) is 77.7 Å². The molecule has 0 fully saturated rings. The number of thiophene rings is 1. The fourth-order valence-electron chi connectivity index (χ4n) is 4.71. The molecule has 172 valence electrons. The second kappa shape index (κ2) is 8.56. The van der Waals surface area contributed by atoms with Crippen LogP contribution in [0.5, 0.6) is 5.75 Å². The molecule has 0 aliphatic carbocycles. The van der Waals surface area contributed by atoms with Crippen LogP contribution in [-0.2, 0) is 6.42 Å². The van der Waals surface area contributed by atoms with E-state index < -0.39 is 0 Å². The summed E-state index contributed by atoms with van der Waals surface area (Å²) in [5.41, 5.74) is 13.1. The summed E-state index contributed by atoms with van der Waals surface area (Å²) in [4.78, 5) is 21.8. The summed E-state index contributed by atoms with van der Waals surface area (Å²) >= 11 is 1.37. The summed E-state index contributed by atoms with van der Waals surface area (Å²) in [5.74, 6) is 0.710. The van der Waals surface area contributed by atoms with Crippen molar-refractivity contribution in [2.24, 2.45) is 0 Å². The minimum atomic E-state index is -0.0719. The molecule has 1 amide bonds. The maximum atomic E-state index is 13.7. The third kappa shape index (κ3) is 3.63. The van der Waals surface area contributed by atoms with Crippen molar-refractivity contribution in [1.82, 2.24) is 4.98 Å². The first-order valence-corrected chi connectivity index (χ1v) is 12.3. The SMILES string of the molecule is COc1ccc(-c2cc(-c3ccccc3)nc3sc(C(=O)N4CCc5ccccc54)c(N)c23)cc1. The molecule has 0 spiro atoms. The lowest BCUT2D eigenvalue weighted by Crippen LogP contribution is -2.28. The van der Waals surface area contributed by atoms with Crippen LogP contribution < -0.4 is 15.4 Å². The molecular weight excluding hydrogens is 454 g/mol. The van der Waals surface area contributed by atoms with Crippen LogP contribution in [0.15, 0.2) is 84.9 Å². The molecule has 6 rings (SSSR count). The van der Waals surface area contributed by atoms with Crippen LogP contribution in [0, 0.1) is 0 Å². The highest BCUT2D eigenvalue weighted by Gasteiger charge is 2.29. The normalized spacial score (nSPS) is 12.7. The number of carbonyl (C=O) groups is 1. The Labute approximate surface area is 207 Å². The molecule has 1 aliphatic rings. The van der Waals surface area contributed by atoms with Crippen molar-refractivity contribution in [3.05, 3.63) is 95.4 Å². The summed E-state index contributed by atoms with van der Waals surface area (Å²) in [6, 6.07) is 28.0. The third-order valence-electron chi connectivity index (χ3n) is 6.50. The lowest BCUT2D eigenvalue weighted by molar-refractivity contribution is 0.0994. The van der Waals surface area contributed by atoms with Gasteiger partial charge < -0.3 is 15.4 Å². The number of rotatable bonds is 4. The number of carbonyl (C=O) groups excluding carboxylic acids is 1. The molecule has 1 aliphatic heterocycles. The van der Waals surface area contributed by atoms with E-state index >= 15 is 0 Å². The standard InChI is InChI=1S/C29H23N3O2S/c1-34-21-13-11-18(12-14-21)22-17-23(19-7-3-2-4-8-19)31-28-25(22)26(30)27(35-28)29(33)32-16-15-20-9-5-6-10-24(20)32/h2-14,17H,15-16,30H2,1H3. The van der Waals surface area contributed by atoms with Crippen LogP contribution in [0.2, 0.25) is 0 Å². The van der Waals surface area contributed by atoms with E-state index in [0.29, 0.717) is 17.1 Å². The molecule has 0 bridgehead atoms. The van der Waals surface area contributed by atoms with Gasteiger partial charge in [0.15, 0.2) is 0 Å². The van der Waals surface area contributed by atoms with E-state index in [1.165, 1.54) is 16.9 Å². The lowest BCUT2D eigenvalue weighted by Gasteiger charge is -2.16. The summed E-state index contributed by atoms with van der Waals surface area (Å²) in [5, 5.41) is 0.815. The molecule has 0 saturated carbocycles. The summed E-state index contributed by atoms with van der Waals surface area (Å²) in [7, 11) is 1.65. The van der Waals surface area contributed by atoms with Crippen molar-refractivity contribution < 1.29 is 9.53 Å². The van der Waals surface area contributed by atoms with Crippen molar-refractivity contribution in [2.45, 2.75) is 6.42 Å². The Hall–Kier alpha value is -4.16. The topological polar surface area (TPSA) is 68.5 Å². The predicted molar refractivity (Wildman–Crippen MR) is 143 cm³/mol. The molecule has 3 heterocycles. The molecule has 5 nitrogen and oxygen atoms in total. The zero-order chi connectivity index (χ0) is 23.9. The number of nitrogen functional groups attached to an aromatic ring is 1. The monoisotopic (exact) mass is 477 g/mol. The van der Waals surface area contributed by atoms with E-state index in [2.05, 4.69) is 12.1 Å². The number of fused-ring (bicyclic) bond motifs is 2. The quantitative estimate of drug-likeness (QED) is 0.324. The van der Waals surface area contributed by atoms with Gasteiger partial charge in [0.05, 0.1) is 18.5 Å². The molecule has 0 atom stereocenters. The Morgan fingerprint density at radius 1 is 0.971 bits per heavy atom. The summed E-state index contributed by atoms with van der Waals surface area (Å²) in [6.07, 6.45) is 0.847. The van der Waals surface area contributed by atoms with Gasteiger partial charge in [0.2, 0.25) is 0 Å². The fourth-order valence-corrected chi connectivity index (χ4v) is 5.78. The van der Waals surface area contributed by atoms with Crippen molar-refractivity contribution in [2.75, 3.05) is 24.3 Å². The average Bonchev–Trinajstić information content (AvgIpc) is 3.50. The van der Waals surface area contributed by atoms with Crippen molar-refractivity contribution in [1.29, 1.82) is 0 Å². The van der Waals surface area contributed by atoms with E-state index in [1.54, 1.807) is 7.11 Å². The van der Waals surface area contributed by atoms with E-state index in [4.69, 9.17) is 15.5 Å². The Kier molecular flexibility index (Phi) is 5.23. The third-order valence-corrected chi connectivity index (χ3v) is 7.58. The first-order chi connectivity index (χ1) is 17.1. The number of amides is 1. The Morgan fingerprint density at radius 2 is 1.71 bits per heavy atom. The van der Waals surface area contributed by atoms with Crippen LogP contribution in [0.4, 0.5) is 11.4 Å².